The van der Waals surface area contributed by atoms with Crippen LogP contribution in [0.25, 0.3) is 0 Å². The molecule has 19 heavy (non-hydrogen) atoms. The Morgan fingerprint density at radius 1 is 1.11 bits per heavy atom. The van der Waals surface area contributed by atoms with E-state index in [1.165, 1.54) is 24.4 Å². The molecule has 6 nitrogen and oxygen atoms in total. The van der Waals surface area contributed by atoms with Gasteiger partial charge in [-0.3, -0.25) is 4.79 Å². The number of nitrogens with zero attached hydrogens (tertiary/aromatic N) is 1. The van der Waals surface area contributed by atoms with Gasteiger partial charge >= 0.3 is 0 Å². The highest BCUT2D eigenvalue weighted by Gasteiger charge is 2.20. The fraction of sp³-hybridized carbons (Fsp3) is 0.0833. The van der Waals surface area contributed by atoms with E-state index in [4.69, 9.17) is 10.2 Å². The molecule has 1 aromatic heterocycles. The van der Waals surface area contributed by atoms with Crippen molar-refractivity contribution in [3.8, 4) is 0 Å². The molecule has 1 heterocycles. The van der Waals surface area contributed by atoms with Crippen molar-refractivity contribution >= 4 is 15.8 Å². The van der Waals surface area contributed by atoms with Gasteiger partial charge in [0.15, 0.2) is 0 Å². The molecule has 0 spiro atoms. The van der Waals surface area contributed by atoms with E-state index < -0.39 is 22.1 Å². The number of ketones is 1. The number of aromatic nitrogens is 1. The minimum atomic E-state index is -3.78. The summed E-state index contributed by atoms with van der Waals surface area (Å²) >= 11 is 0. The molecular formula is C12H11NO5S. The first-order valence-corrected chi connectivity index (χ1v) is 6.76. The number of hydrogen-bond donors (Lipinski definition) is 2. The molecule has 0 saturated heterocycles. The van der Waals surface area contributed by atoms with Crippen LogP contribution in [0.1, 0.15) is 10.4 Å². The van der Waals surface area contributed by atoms with Crippen molar-refractivity contribution in [2.45, 2.75) is 11.2 Å². The van der Waals surface area contributed by atoms with E-state index in [0.29, 0.717) is 0 Å². The lowest BCUT2D eigenvalue weighted by Crippen LogP contribution is -2.19. The fourth-order valence-electron chi connectivity index (χ4n) is 1.54. The second-order valence-electron chi connectivity index (χ2n) is 3.79. The van der Waals surface area contributed by atoms with Gasteiger partial charge in [0.25, 0.3) is 10.0 Å². The second kappa shape index (κ2) is 4.96. The summed E-state index contributed by atoms with van der Waals surface area (Å²) in [4.78, 5) is 11.4. The van der Waals surface area contributed by atoms with E-state index in [1.54, 1.807) is 18.2 Å². The van der Waals surface area contributed by atoms with Crippen molar-refractivity contribution in [1.29, 1.82) is 0 Å². The molecule has 0 radical (unpaired) electrons. The highest BCUT2D eigenvalue weighted by atomic mass is 32.2. The van der Waals surface area contributed by atoms with Crippen LogP contribution in [0.2, 0.25) is 0 Å². The summed E-state index contributed by atoms with van der Waals surface area (Å²) < 4.78 is 25.2. The smallest absolute Gasteiger partial charge is 0.267 e. The van der Waals surface area contributed by atoms with Crippen molar-refractivity contribution < 1.29 is 23.4 Å². The predicted molar refractivity (Wildman–Crippen MR) is 66.0 cm³/mol. The average Bonchev–Trinajstić information content (AvgIpc) is 2.89. The van der Waals surface area contributed by atoms with Gasteiger partial charge < -0.3 is 10.2 Å². The second-order valence-corrected chi connectivity index (χ2v) is 5.63. The van der Waals surface area contributed by atoms with Gasteiger partial charge in [-0.1, -0.05) is 18.2 Å². The summed E-state index contributed by atoms with van der Waals surface area (Å²) in [6, 6.07) is 8.92. The van der Waals surface area contributed by atoms with Gasteiger partial charge in [0, 0.05) is 18.0 Å². The Bertz CT molecular complexity index is 688. The zero-order chi connectivity index (χ0) is 14.0. The molecular weight excluding hydrogens is 270 g/mol. The van der Waals surface area contributed by atoms with Gasteiger partial charge in [0.1, 0.15) is 0 Å². The standard InChI is InChI=1S/C12H11NO5S/c14-11(12(15)16)9-6-7-13(8-9)19(17,18)10-4-2-1-3-5-10/h1-8,12,15-16H. The first-order chi connectivity index (χ1) is 8.93. The number of Topliss-reactive ketones (excluding diaryl/α,β-unsaturated/α-hetero) is 1. The van der Waals surface area contributed by atoms with Gasteiger partial charge in [-0.2, -0.15) is 0 Å². The minimum absolute atomic E-state index is 0.0779. The van der Waals surface area contributed by atoms with Crippen LogP contribution in [0, 0.1) is 0 Å². The summed E-state index contributed by atoms with van der Waals surface area (Å²) in [6.45, 7) is 0. The minimum Gasteiger partial charge on any atom is -0.362 e. The Morgan fingerprint density at radius 2 is 1.74 bits per heavy atom. The van der Waals surface area contributed by atoms with Crippen molar-refractivity contribution in [2.75, 3.05) is 0 Å². The molecule has 0 aliphatic rings. The molecule has 1 aromatic carbocycles. The number of benzene rings is 1. The SMILES string of the molecule is O=C(c1ccn(S(=O)(=O)c2ccccc2)c1)C(O)O. The third kappa shape index (κ3) is 2.58. The van der Waals surface area contributed by atoms with E-state index in [9.17, 15) is 13.2 Å². The number of aliphatic hydroxyl groups is 2. The Morgan fingerprint density at radius 3 is 2.32 bits per heavy atom. The monoisotopic (exact) mass is 281 g/mol. The molecule has 0 aliphatic carbocycles. The molecule has 2 rings (SSSR count). The number of rotatable bonds is 4. The number of carbonyl (C=O) groups excluding carboxylic acids is 1. The maximum Gasteiger partial charge on any atom is 0.267 e. The van der Waals surface area contributed by atoms with Crippen LogP contribution in [0.15, 0.2) is 53.7 Å². The Kier molecular flexibility index (Phi) is 3.52. The number of aliphatic hydroxyl groups excluding tert-OH is 1. The van der Waals surface area contributed by atoms with Crippen LogP contribution >= 0.6 is 0 Å². The Labute approximate surface area is 109 Å². The van der Waals surface area contributed by atoms with Crippen molar-refractivity contribution in [3.05, 3.63) is 54.4 Å². The third-order valence-corrected chi connectivity index (χ3v) is 4.16. The normalized spacial score (nSPS) is 11.7. The summed E-state index contributed by atoms with van der Waals surface area (Å²) in [6.07, 6.45) is 0.0671. The van der Waals surface area contributed by atoms with Gasteiger partial charge in [0.05, 0.1) is 4.90 Å². The largest absolute Gasteiger partial charge is 0.362 e. The Balaban J connectivity index is 2.41. The molecule has 0 unspecified atom stereocenters. The third-order valence-electron chi connectivity index (χ3n) is 2.50. The summed E-state index contributed by atoms with van der Waals surface area (Å²) in [5.74, 6) is -0.956. The molecule has 2 aromatic rings. The van der Waals surface area contributed by atoms with Crippen molar-refractivity contribution in [1.82, 2.24) is 3.97 Å². The molecule has 2 N–H and O–H groups in total. The van der Waals surface area contributed by atoms with E-state index in [1.807, 2.05) is 0 Å². The summed E-state index contributed by atoms with van der Waals surface area (Å²) in [5, 5.41) is 17.5. The molecule has 0 amide bonds. The molecule has 0 saturated carbocycles. The molecule has 0 aliphatic heterocycles. The van der Waals surface area contributed by atoms with Crippen LogP contribution in [0.3, 0.4) is 0 Å². The van der Waals surface area contributed by atoms with Gasteiger partial charge in [-0.25, -0.2) is 12.4 Å². The lowest BCUT2D eigenvalue weighted by Gasteiger charge is -2.05. The number of carbonyl (C=O) groups is 1. The van der Waals surface area contributed by atoms with Crippen LogP contribution < -0.4 is 0 Å². The van der Waals surface area contributed by atoms with Gasteiger partial charge in [0.2, 0.25) is 12.1 Å². The van der Waals surface area contributed by atoms with Gasteiger partial charge in [-0.15, -0.1) is 0 Å². The van der Waals surface area contributed by atoms with Crippen LogP contribution in [0.5, 0.6) is 0 Å². The zero-order valence-electron chi connectivity index (χ0n) is 9.67. The van der Waals surface area contributed by atoms with E-state index in [-0.39, 0.29) is 10.5 Å². The highest BCUT2D eigenvalue weighted by Crippen LogP contribution is 2.15. The first kappa shape index (κ1) is 13.5. The van der Waals surface area contributed by atoms with Crippen LogP contribution in [-0.2, 0) is 10.0 Å². The lowest BCUT2D eigenvalue weighted by atomic mass is 10.2. The summed E-state index contributed by atoms with van der Waals surface area (Å²) in [7, 11) is -3.78. The fourth-order valence-corrected chi connectivity index (χ4v) is 2.75. The van der Waals surface area contributed by atoms with Crippen LogP contribution in [0.4, 0.5) is 0 Å². The number of hydrogen-bond acceptors (Lipinski definition) is 5. The summed E-state index contributed by atoms with van der Waals surface area (Å²) in [5.41, 5.74) is -0.0884. The molecule has 0 fully saturated rings. The highest BCUT2D eigenvalue weighted by molar-refractivity contribution is 7.90. The maximum absolute atomic E-state index is 12.2. The molecule has 0 bridgehead atoms. The average molecular weight is 281 g/mol. The first-order valence-electron chi connectivity index (χ1n) is 5.32. The Hall–Kier alpha value is -1.96. The van der Waals surface area contributed by atoms with Crippen molar-refractivity contribution in [2.24, 2.45) is 0 Å². The maximum atomic E-state index is 12.2. The topological polar surface area (TPSA) is 96.6 Å². The van der Waals surface area contributed by atoms with Crippen molar-refractivity contribution in [3.63, 3.8) is 0 Å². The van der Waals surface area contributed by atoms with E-state index in [2.05, 4.69) is 0 Å². The predicted octanol–water partition coefficient (Wildman–Crippen LogP) is 0.219. The lowest BCUT2D eigenvalue weighted by molar-refractivity contribution is -0.0195. The molecule has 7 heteroatoms. The molecule has 0 atom stereocenters. The quantitative estimate of drug-likeness (QED) is 0.617. The van der Waals surface area contributed by atoms with Gasteiger partial charge in [-0.05, 0) is 18.2 Å². The van der Waals surface area contributed by atoms with E-state index in [0.717, 1.165) is 10.2 Å². The van der Waals surface area contributed by atoms with E-state index >= 15 is 0 Å². The zero-order valence-corrected chi connectivity index (χ0v) is 10.5. The molecule has 100 valence electrons. The van der Waals surface area contributed by atoms with Crippen LogP contribution in [-0.4, -0.2) is 34.7 Å².